The van der Waals surface area contributed by atoms with E-state index in [0.29, 0.717) is 6.54 Å². The smallest absolute Gasteiger partial charge is 0.269 e. The van der Waals surface area contributed by atoms with E-state index in [2.05, 4.69) is 18.2 Å². The Morgan fingerprint density at radius 1 is 0.889 bits per heavy atom. The van der Waals surface area contributed by atoms with Gasteiger partial charge in [0.05, 0.1) is 17.5 Å². The fraction of sp³-hybridized carbons (Fsp3) is 0.0909. The van der Waals surface area contributed by atoms with Gasteiger partial charge in [0.15, 0.2) is 5.76 Å². The Morgan fingerprint density at radius 3 is 2.15 bits per heavy atom. The molecule has 5 heteroatoms. The SMILES string of the molecule is O=[N+]([O-])c1ccc(C2C=C(c3ccccc3)ON2Cc2ccccc2)cc1. The number of nitrogens with zero attached hydrogens (tertiary/aromatic N) is 2. The molecule has 0 bridgehead atoms. The summed E-state index contributed by atoms with van der Waals surface area (Å²) in [6, 6.07) is 26.5. The van der Waals surface area contributed by atoms with Gasteiger partial charge in [-0.05, 0) is 17.2 Å². The van der Waals surface area contributed by atoms with Crippen LogP contribution in [0.5, 0.6) is 0 Å². The number of non-ortho nitro benzene ring substituents is 1. The van der Waals surface area contributed by atoms with Crippen LogP contribution in [0.15, 0.2) is 91.0 Å². The largest absolute Gasteiger partial charge is 0.404 e. The van der Waals surface area contributed by atoms with E-state index in [0.717, 1.165) is 22.4 Å². The first-order valence-corrected chi connectivity index (χ1v) is 8.71. The predicted molar refractivity (Wildman–Crippen MR) is 103 cm³/mol. The van der Waals surface area contributed by atoms with Gasteiger partial charge in [0.25, 0.3) is 5.69 Å². The van der Waals surface area contributed by atoms with E-state index >= 15 is 0 Å². The second kappa shape index (κ2) is 7.43. The Kier molecular flexibility index (Phi) is 4.68. The lowest BCUT2D eigenvalue weighted by Gasteiger charge is -2.23. The van der Waals surface area contributed by atoms with Crippen molar-refractivity contribution in [1.29, 1.82) is 0 Å². The van der Waals surface area contributed by atoms with Crippen LogP contribution in [0.25, 0.3) is 5.76 Å². The highest BCUT2D eigenvalue weighted by Crippen LogP contribution is 2.37. The zero-order valence-electron chi connectivity index (χ0n) is 14.6. The minimum Gasteiger partial charge on any atom is -0.404 e. The van der Waals surface area contributed by atoms with Crippen LogP contribution in [0.1, 0.15) is 22.7 Å². The monoisotopic (exact) mass is 358 g/mol. The number of nitro benzene ring substituents is 1. The van der Waals surface area contributed by atoms with Gasteiger partial charge in [-0.1, -0.05) is 72.8 Å². The minimum absolute atomic E-state index is 0.0829. The summed E-state index contributed by atoms with van der Waals surface area (Å²) in [4.78, 5) is 16.7. The lowest BCUT2D eigenvalue weighted by Crippen LogP contribution is -2.22. The summed E-state index contributed by atoms with van der Waals surface area (Å²) in [5, 5.41) is 12.8. The van der Waals surface area contributed by atoms with Gasteiger partial charge in [-0.25, -0.2) is 0 Å². The molecular formula is C22H18N2O3. The molecule has 0 aliphatic carbocycles. The fourth-order valence-electron chi connectivity index (χ4n) is 3.14. The molecule has 0 radical (unpaired) electrons. The van der Waals surface area contributed by atoms with Gasteiger partial charge in [-0.3, -0.25) is 10.1 Å². The van der Waals surface area contributed by atoms with Crippen LogP contribution in [0.4, 0.5) is 5.69 Å². The van der Waals surface area contributed by atoms with Gasteiger partial charge in [0.2, 0.25) is 0 Å². The first kappa shape index (κ1) is 17.0. The number of hydrogen-bond acceptors (Lipinski definition) is 4. The standard InChI is InChI=1S/C22H18N2O3/c25-24(26)20-13-11-18(12-14-20)21-15-22(19-9-5-2-6-10-19)27-23(21)16-17-7-3-1-4-8-17/h1-15,21H,16H2. The van der Waals surface area contributed by atoms with Crippen molar-refractivity contribution in [2.75, 3.05) is 0 Å². The second-order valence-electron chi connectivity index (χ2n) is 6.34. The summed E-state index contributed by atoms with van der Waals surface area (Å²) in [5.74, 6) is 0.787. The maximum Gasteiger partial charge on any atom is 0.269 e. The summed E-state index contributed by atoms with van der Waals surface area (Å²) < 4.78 is 0. The molecule has 4 rings (SSSR count). The molecule has 0 amide bonds. The van der Waals surface area contributed by atoms with Crippen molar-refractivity contribution in [1.82, 2.24) is 5.06 Å². The average molecular weight is 358 g/mol. The third kappa shape index (κ3) is 3.73. The van der Waals surface area contributed by atoms with Gasteiger partial charge in [0.1, 0.15) is 0 Å². The van der Waals surface area contributed by atoms with Crippen LogP contribution in [0.3, 0.4) is 0 Å². The van der Waals surface area contributed by atoms with E-state index in [1.807, 2.05) is 53.6 Å². The van der Waals surface area contributed by atoms with E-state index in [4.69, 9.17) is 4.84 Å². The summed E-state index contributed by atoms with van der Waals surface area (Å²) in [5.41, 5.74) is 3.16. The van der Waals surface area contributed by atoms with Gasteiger partial charge in [0, 0.05) is 17.7 Å². The van der Waals surface area contributed by atoms with Crippen LogP contribution in [-0.2, 0) is 11.4 Å². The summed E-state index contributed by atoms with van der Waals surface area (Å²) >= 11 is 0. The Hall–Kier alpha value is -3.44. The maximum atomic E-state index is 10.9. The quantitative estimate of drug-likeness (QED) is 0.469. The first-order valence-electron chi connectivity index (χ1n) is 8.71. The number of rotatable bonds is 5. The molecule has 0 aromatic heterocycles. The molecule has 3 aromatic carbocycles. The van der Waals surface area contributed by atoms with Crippen molar-refractivity contribution >= 4 is 11.4 Å². The molecule has 1 aliphatic heterocycles. The molecular weight excluding hydrogens is 340 g/mol. The van der Waals surface area contributed by atoms with E-state index in [1.54, 1.807) is 12.1 Å². The van der Waals surface area contributed by atoms with Crippen LogP contribution < -0.4 is 0 Å². The van der Waals surface area contributed by atoms with Crippen molar-refractivity contribution in [3.05, 3.63) is 118 Å². The Morgan fingerprint density at radius 2 is 1.52 bits per heavy atom. The molecule has 5 nitrogen and oxygen atoms in total. The minimum atomic E-state index is -0.387. The molecule has 0 N–H and O–H groups in total. The van der Waals surface area contributed by atoms with Gasteiger partial charge < -0.3 is 4.84 Å². The van der Waals surface area contributed by atoms with Gasteiger partial charge >= 0.3 is 0 Å². The van der Waals surface area contributed by atoms with Gasteiger partial charge in [-0.15, -0.1) is 5.06 Å². The third-order valence-electron chi connectivity index (χ3n) is 4.52. The maximum absolute atomic E-state index is 10.9. The highest BCUT2D eigenvalue weighted by molar-refractivity contribution is 5.62. The lowest BCUT2D eigenvalue weighted by atomic mass is 10.0. The van der Waals surface area contributed by atoms with Crippen molar-refractivity contribution in [3.63, 3.8) is 0 Å². The normalized spacial score (nSPS) is 16.6. The Labute approximate surface area is 157 Å². The van der Waals surface area contributed by atoms with Crippen LogP contribution >= 0.6 is 0 Å². The van der Waals surface area contributed by atoms with E-state index in [-0.39, 0.29) is 16.7 Å². The summed E-state index contributed by atoms with van der Waals surface area (Å²) in [6.45, 7) is 0.606. The lowest BCUT2D eigenvalue weighted by molar-refractivity contribution is -0.384. The van der Waals surface area contributed by atoms with Crippen LogP contribution in [0, 0.1) is 10.1 Å². The highest BCUT2D eigenvalue weighted by atomic mass is 16.7. The molecule has 0 saturated carbocycles. The summed E-state index contributed by atoms with van der Waals surface area (Å²) in [6.07, 6.45) is 2.06. The summed E-state index contributed by atoms with van der Waals surface area (Å²) in [7, 11) is 0. The molecule has 0 saturated heterocycles. The van der Waals surface area contributed by atoms with E-state index in [1.165, 1.54) is 12.1 Å². The topological polar surface area (TPSA) is 55.6 Å². The molecule has 0 fully saturated rings. The highest BCUT2D eigenvalue weighted by Gasteiger charge is 2.29. The van der Waals surface area contributed by atoms with Crippen molar-refractivity contribution in [3.8, 4) is 0 Å². The molecule has 0 spiro atoms. The molecule has 1 aliphatic rings. The second-order valence-corrected chi connectivity index (χ2v) is 6.34. The Balaban J connectivity index is 1.66. The predicted octanol–water partition coefficient (Wildman–Crippen LogP) is 5.12. The Bertz CT molecular complexity index is 954. The van der Waals surface area contributed by atoms with Crippen molar-refractivity contribution < 1.29 is 9.76 Å². The fourth-order valence-corrected chi connectivity index (χ4v) is 3.14. The van der Waals surface area contributed by atoms with Crippen LogP contribution in [0.2, 0.25) is 0 Å². The molecule has 3 aromatic rings. The zero-order valence-corrected chi connectivity index (χ0v) is 14.6. The third-order valence-corrected chi connectivity index (χ3v) is 4.52. The van der Waals surface area contributed by atoms with Crippen LogP contribution in [-0.4, -0.2) is 9.99 Å². The van der Waals surface area contributed by atoms with Crippen molar-refractivity contribution in [2.24, 2.45) is 0 Å². The number of hydrogen-bond donors (Lipinski definition) is 0. The van der Waals surface area contributed by atoms with E-state index < -0.39 is 0 Å². The number of benzene rings is 3. The molecule has 134 valence electrons. The molecule has 1 heterocycles. The van der Waals surface area contributed by atoms with Crippen molar-refractivity contribution in [2.45, 2.75) is 12.6 Å². The zero-order chi connectivity index (χ0) is 18.6. The molecule has 27 heavy (non-hydrogen) atoms. The number of hydroxylamine groups is 2. The molecule has 1 unspecified atom stereocenters. The molecule has 1 atom stereocenters. The number of nitro groups is 1. The average Bonchev–Trinajstić information content (AvgIpc) is 3.13. The first-order chi connectivity index (χ1) is 13.2. The van der Waals surface area contributed by atoms with E-state index in [9.17, 15) is 10.1 Å². The van der Waals surface area contributed by atoms with Gasteiger partial charge in [-0.2, -0.15) is 0 Å².